The second-order valence-corrected chi connectivity index (χ2v) is 8.93. The van der Waals surface area contributed by atoms with Gasteiger partial charge in [0.05, 0.1) is 13.2 Å². The number of nitrogens with one attached hydrogen (secondary N) is 1. The summed E-state index contributed by atoms with van der Waals surface area (Å²) in [6.07, 6.45) is 0.918. The third kappa shape index (κ3) is 4.55. The van der Waals surface area contributed by atoms with Gasteiger partial charge in [0.2, 0.25) is 0 Å². The first-order chi connectivity index (χ1) is 16.3. The maximum Gasteiger partial charge on any atom is 0.315 e. The molecule has 2 aromatic carbocycles. The number of aromatic hydroxyl groups is 1. The highest BCUT2D eigenvalue weighted by Crippen LogP contribution is 2.48. The molecule has 7 heteroatoms. The summed E-state index contributed by atoms with van der Waals surface area (Å²) < 4.78 is 10.9. The standard InChI is InChI=1S/C27H28ClNO5/c1-4-33-23-14-17(8-11-21(23)30)25-24(27(32)34-5-2)15(3)29-20-12-18(13-22(31)26(20)25)16-6-9-19(28)10-7-16/h6-11,14,18,24-25,29-30H,3-5,12-13H2,1-2H3. The Labute approximate surface area is 204 Å². The van der Waals surface area contributed by atoms with Gasteiger partial charge in [0.1, 0.15) is 5.92 Å². The average molecular weight is 482 g/mol. The number of benzene rings is 2. The molecule has 2 aliphatic rings. The normalized spacial score (nSPS) is 22.1. The Morgan fingerprint density at radius 2 is 1.82 bits per heavy atom. The number of phenols is 1. The summed E-state index contributed by atoms with van der Waals surface area (Å²) in [4.78, 5) is 26.6. The van der Waals surface area contributed by atoms with Crippen molar-refractivity contribution in [1.29, 1.82) is 0 Å². The predicted octanol–water partition coefficient (Wildman–Crippen LogP) is 5.22. The molecule has 2 aromatic rings. The third-order valence-corrected chi connectivity index (χ3v) is 6.62. The summed E-state index contributed by atoms with van der Waals surface area (Å²) in [5.41, 5.74) is 3.52. The maximum absolute atomic E-state index is 13.6. The van der Waals surface area contributed by atoms with Crippen molar-refractivity contribution < 1.29 is 24.2 Å². The van der Waals surface area contributed by atoms with Crippen LogP contribution in [0.5, 0.6) is 11.5 Å². The largest absolute Gasteiger partial charge is 0.504 e. The van der Waals surface area contributed by atoms with E-state index in [9.17, 15) is 14.7 Å². The summed E-state index contributed by atoms with van der Waals surface area (Å²) >= 11 is 6.04. The van der Waals surface area contributed by atoms with Crippen LogP contribution in [0.2, 0.25) is 5.02 Å². The number of hydrogen-bond acceptors (Lipinski definition) is 6. The zero-order chi connectivity index (χ0) is 24.4. The molecule has 6 nitrogen and oxygen atoms in total. The van der Waals surface area contributed by atoms with Gasteiger partial charge in [0, 0.05) is 34.3 Å². The molecule has 3 atom stereocenters. The number of hydrogen-bond donors (Lipinski definition) is 2. The molecule has 0 fully saturated rings. The molecule has 2 N–H and O–H groups in total. The first kappa shape index (κ1) is 23.9. The quantitative estimate of drug-likeness (QED) is 0.550. The number of rotatable bonds is 6. The van der Waals surface area contributed by atoms with Crippen LogP contribution in [0.15, 0.2) is 66.0 Å². The van der Waals surface area contributed by atoms with Crippen LogP contribution >= 0.6 is 11.6 Å². The van der Waals surface area contributed by atoms with Crippen molar-refractivity contribution in [3.05, 3.63) is 82.2 Å². The van der Waals surface area contributed by atoms with Crippen LogP contribution in [0.25, 0.3) is 0 Å². The van der Waals surface area contributed by atoms with Gasteiger partial charge in [-0.2, -0.15) is 0 Å². The molecule has 1 aliphatic heterocycles. The molecule has 0 aromatic heterocycles. The van der Waals surface area contributed by atoms with Gasteiger partial charge < -0.3 is 19.9 Å². The Bertz CT molecular complexity index is 1150. The minimum absolute atomic E-state index is 0.00183. The van der Waals surface area contributed by atoms with Crippen LogP contribution in [-0.4, -0.2) is 30.1 Å². The summed E-state index contributed by atoms with van der Waals surface area (Å²) in [5, 5.41) is 14.1. The monoisotopic (exact) mass is 481 g/mol. The van der Waals surface area contributed by atoms with Crippen LogP contribution in [0.3, 0.4) is 0 Å². The molecular formula is C27H28ClNO5. The van der Waals surface area contributed by atoms with E-state index in [1.807, 2.05) is 31.2 Å². The first-order valence-electron chi connectivity index (χ1n) is 11.4. The van der Waals surface area contributed by atoms with E-state index in [0.29, 0.717) is 47.1 Å². The lowest BCUT2D eigenvalue weighted by atomic mass is 9.69. The van der Waals surface area contributed by atoms with Crippen LogP contribution in [0.1, 0.15) is 49.7 Å². The van der Waals surface area contributed by atoms with Crippen molar-refractivity contribution in [2.75, 3.05) is 13.2 Å². The first-order valence-corrected chi connectivity index (χ1v) is 11.8. The second kappa shape index (κ2) is 9.94. The third-order valence-electron chi connectivity index (χ3n) is 6.36. The molecule has 0 radical (unpaired) electrons. The van der Waals surface area contributed by atoms with Crippen molar-refractivity contribution >= 4 is 23.4 Å². The van der Waals surface area contributed by atoms with Crippen molar-refractivity contribution in [3.8, 4) is 11.5 Å². The van der Waals surface area contributed by atoms with E-state index in [2.05, 4.69) is 11.9 Å². The van der Waals surface area contributed by atoms with E-state index >= 15 is 0 Å². The fraction of sp³-hybridized carbons (Fsp3) is 0.333. The van der Waals surface area contributed by atoms with E-state index in [4.69, 9.17) is 21.1 Å². The SMILES string of the molecule is C=C1NC2=C(C(=O)CC(c3ccc(Cl)cc3)C2)C(c2ccc(O)c(OCC)c2)C1C(=O)OCC. The summed E-state index contributed by atoms with van der Waals surface area (Å²) in [7, 11) is 0. The number of ketones is 1. The molecule has 0 saturated carbocycles. The highest BCUT2D eigenvalue weighted by molar-refractivity contribution is 6.30. The van der Waals surface area contributed by atoms with E-state index in [0.717, 1.165) is 11.3 Å². The van der Waals surface area contributed by atoms with Gasteiger partial charge in [-0.15, -0.1) is 0 Å². The number of esters is 1. The Hall–Kier alpha value is -3.25. The Morgan fingerprint density at radius 1 is 1.12 bits per heavy atom. The fourth-order valence-electron chi connectivity index (χ4n) is 4.88. The minimum atomic E-state index is -0.784. The molecule has 0 saturated heterocycles. The van der Waals surface area contributed by atoms with Crippen molar-refractivity contribution in [2.24, 2.45) is 5.92 Å². The molecule has 1 heterocycles. The number of halogens is 1. The van der Waals surface area contributed by atoms with Gasteiger partial charge >= 0.3 is 5.97 Å². The van der Waals surface area contributed by atoms with Crippen molar-refractivity contribution in [1.82, 2.24) is 5.32 Å². The second-order valence-electron chi connectivity index (χ2n) is 8.49. The molecule has 0 spiro atoms. The number of Topliss-reactive ketones (excluding diaryl/α,β-unsaturated/α-hetero) is 1. The molecular weight excluding hydrogens is 454 g/mol. The van der Waals surface area contributed by atoms with E-state index < -0.39 is 17.8 Å². The topological polar surface area (TPSA) is 84.9 Å². The zero-order valence-corrected chi connectivity index (χ0v) is 20.0. The van der Waals surface area contributed by atoms with Gasteiger partial charge in [-0.25, -0.2) is 0 Å². The fourth-order valence-corrected chi connectivity index (χ4v) is 5.01. The molecule has 4 rings (SSSR count). The predicted molar refractivity (Wildman–Crippen MR) is 130 cm³/mol. The number of ether oxygens (including phenoxy) is 2. The number of allylic oxidation sites excluding steroid dienone is 2. The lowest BCUT2D eigenvalue weighted by molar-refractivity contribution is -0.147. The van der Waals surface area contributed by atoms with Gasteiger partial charge in [-0.05, 0) is 61.6 Å². The van der Waals surface area contributed by atoms with E-state index in [-0.39, 0.29) is 24.1 Å². The van der Waals surface area contributed by atoms with Gasteiger partial charge in [0.25, 0.3) is 0 Å². The van der Waals surface area contributed by atoms with Crippen LogP contribution < -0.4 is 10.1 Å². The Balaban J connectivity index is 1.81. The van der Waals surface area contributed by atoms with Crippen molar-refractivity contribution in [2.45, 2.75) is 38.5 Å². The highest BCUT2D eigenvalue weighted by atomic mass is 35.5. The molecule has 0 bridgehead atoms. The van der Waals surface area contributed by atoms with E-state index in [1.54, 1.807) is 19.1 Å². The van der Waals surface area contributed by atoms with Gasteiger partial charge in [-0.3, -0.25) is 9.59 Å². The van der Waals surface area contributed by atoms with Gasteiger partial charge in [0.15, 0.2) is 17.3 Å². The van der Waals surface area contributed by atoms with Crippen LogP contribution in [0, 0.1) is 5.92 Å². The molecule has 34 heavy (non-hydrogen) atoms. The Morgan fingerprint density at radius 3 is 2.50 bits per heavy atom. The summed E-state index contributed by atoms with van der Waals surface area (Å²) in [6.45, 7) is 8.27. The summed E-state index contributed by atoms with van der Waals surface area (Å²) in [5.74, 6) is -1.58. The van der Waals surface area contributed by atoms with Crippen LogP contribution in [0.4, 0.5) is 0 Å². The number of carbonyl (C=O) groups is 2. The van der Waals surface area contributed by atoms with Crippen molar-refractivity contribution in [3.63, 3.8) is 0 Å². The highest BCUT2D eigenvalue weighted by Gasteiger charge is 2.45. The molecule has 178 valence electrons. The number of phenolic OH excluding ortho intramolecular Hbond substituents is 1. The Kier molecular flexibility index (Phi) is 6.98. The van der Waals surface area contributed by atoms with Gasteiger partial charge in [-0.1, -0.05) is 36.4 Å². The smallest absolute Gasteiger partial charge is 0.315 e. The van der Waals surface area contributed by atoms with E-state index in [1.165, 1.54) is 6.07 Å². The molecule has 1 aliphatic carbocycles. The summed E-state index contributed by atoms with van der Waals surface area (Å²) in [6, 6.07) is 12.5. The average Bonchev–Trinajstić information content (AvgIpc) is 2.80. The minimum Gasteiger partial charge on any atom is -0.504 e. The lowest BCUT2D eigenvalue weighted by Gasteiger charge is -2.40. The maximum atomic E-state index is 13.6. The zero-order valence-electron chi connectivity index (χ0n) is 19.3. The lowest BCUT2D eigenvalue weighted by Crippen LogP contribution is -2.42. The van der Waals surface area contributed by atoms with Crippen LogP contribution in [-0.2, 0) is 14.3 Å². The molecule has 0 amide bonds. The number of carbonyl (C=O) groups excluding carboxylic acids is 2. The molecule has 3 unspecified atom stereocenters.